The molecular formula is C20H21ClF3N7O2. The maximum absolute atomic E-state index is 12.6. The van der Waals surface area contributed by atoms with Crippen LogP contribution in [0.5, 0.6) is 0 Å². The molecule has 0 radical (unpaired) electrons. The number of alkyl halides is 3. The number of aromatic nitrogens is 4. The summed E-state index contributed by atoms with van der Waals surface area (Å²) in [5, 5.41) is 5.45. The molecule has 1 aliphatic heterocycles. The number of halogens is 4. The number of rotatable bonds is 5. The fourth-order valence-electron chi connectivity index (χ4n) is 3.73. The van der Waals surface area contributed by atoms with Crippen LogP contribution in [0.25, 0.3) is 22.4 Å². The minimum absolute atomic E-state index is 0. The number of aromatic amines is 1. The van der Waals surface area contributed by atoms with Crippen molar-refractivity contribution < 1.29 is 24.2 Å². The summed E-state index contributed by atoms with van der Waals surface area (Å²) in [4.78, 5) is 42.5. The molecule has 3 N–H and O–H groups in total. The van der Waals surface area contributed by atoms with E-state index in [4.69, 9.17) is 11.6 Å². The minimum atomic E-state index is -4.52. The smallest absolute Gasteiger partial charge is 0.354 e. The number of amides is 2. The number of anilines is 1. The summed E-state index contributed by atoms with van der Waals surface area (Å²) < 4.78 is 37.7. The summed E-state index contributed by atoms with van der Waals surface area (Å²) in [6, 6.07) is 2.23. The van der Waals surface area contributed by atoms with Crippen LogP contribution in [-0.4, -0.2) is 64.1 Å². The molecule has 9 nitrogen and oxygen atoms in total. The van der Waals surface area contributed by atoms with Gasteiger partial charge in [-0.1, -0.05) is 11.6 Å². The Morgan fingerprint density at radius 2 is 2.12 bits per heavy atom. The van der Waals surface area contributed by atoms with Gasteiger partial charge in [-0.3, -0.25) is 9.59 Å². The number of H-pyrrole nitrogens is 1. The van der Waals surface area contributed by atoms with E-state index in [0.29, 0.717) is 41.0 Å². The molecule has 1 aliphatic rings. The van der Waals surface area contributed by atoms with Gasteiger partial charge >= 0.3 is 6.18 Å². The van der Waals surface area contributed by atoms with Crippen molar-refractivity contribution in [1.29, 1.82) is 0 Å². The lowest BCUT2D eigenvalue weighted by Gasteiger charge is -2.25. The Hall–Kier alpha value is -3.41. The lowest BCUT2D eigenvalue weighted by molar-refractivity contribution is -0.139. The summed E-state index contributed by atoms with van der Waals surface area (Å²) in [6.45, 7) is -1.03. The van der Waals surface area contributed by atoms with Crippen molar-refractivity contribution >= 4 is 40.3 Å². The molecule has 0 saturated carbocycles. The average molecular weight is 484 g/mol. The van der Waals surface area contributed by atoms with Crippen LogP contribution in [0.2, 0.25) is 5.02 Å². The first-order chi connectivity index (χ1) is 15.7. The van der Waals surface area contributed by atoms with Crippen molar-refractivity contribution in [3.63, 3.8) is 0 Å². The molecule has 2 amide bonds. The minimum Gasteiger partial charge on any atom is -0.354 e. The Balaban J connectivity index is 0.00000324. The van der Waals surface area contributed by atoms with Gasteiger partial charge in [-0.05, 0) is 18.9 Å². The van der Waals surface area contributed by atoms with Crippen LogP contribution < -0.4 is 15.5 Å². The Morgan fingerprint density at radius 1 is 1.33 bits per heavy atom. The summed E-state index contributed by atoms with van der Waals surface area (Å²) in [5.41, 5.74) is 1.11. The van der Waals surface area contributed by atoms with E-state index >= 15 is 0 Å². The van der Waals surface area contributed by atoms with Crippen molar-refractivity contribution in [2.24, 2.45) is 0 Å². The second-order valence-corrected chi connectivity index (χ2v) is 7.89. The predicted molar refractivity (Wildman–Crippen MR) is 117 cm³/mol. The molecule has 4 rings (SSSR count). The standard InChI is InChI=1S/C20H19ClF3N7O2.H2/c1-25-18(32)13-6-15(31-4-2-3-14(31)19(33)28-9-20(22,23)24)30-17(29-13)12-8-27-16-11(12)5-10(21)7-26-16;/h5-8,14H,2-4,9H2,1H3,(H,25,32)(H,26,27)(H,28,33);1H/t14-;/m1./s1. The highest BCUT2D eigenvalue weighted by atomic mass is 35.5. The normalized spacial score (nSPS) is 16.3. The van der Waals surface area contributed by atoms with Crippen molar-refractivity contribution in [3.05, 3.63) is 35.2 Å². The molecule has 176 valence electrons. The van der Waals surface area contributed by atoms with Crippen molar-refractivity contribution in [3.8, 4) is 11.4 Å². The highest BCUT2D eigenvalue weighted by Crippen LogP contribution is 2.31. The molecule has 1 fully saturated rings. The third-order valence-electron chi connectivity index (χ3n) is 5.22. The van der Waals surface area contributed by atoms with Crippen LogP contribution in [0.1, 0.15) is 24.8 Å². The fourth-order valence-corrected chi connectivity index (χ4v) is 3.89. The van der Waals surface area contributed by atoms with Gasteiger partial charge in [0.05, 0.1) is 5.02 Å². The Labute approximate surface area is 192 Å². The molecule has 0 aliphatic carbocycles. The number of pyridine rings is 1. The molecule has 33 heavy (non-hydrogen) atoms. The third-order valence-corrected chi connectivity index (χ3v) is 5.43. The summed E-state index contributed by atoms with van der Waals surface area (Å²) in [7, 11) is 1.45. The van der Waals surface area contributed by atoms with Gasteiger partial charge in [0.15, 0.2) is 5.82 Å². The van der Waals surface area contributed by atoms with E-state index < -0.39 is 30.6 Å². The number of hydrogen-bond donors (Lipinski definition) is 3. The van der Waals surface area contributed by atoms with E-state index in [1.54, 1.807) is 17.2 Å². The van der Waals surface area contributed by atoms with Gasteiger partial charge in [0.25, 0.3) is 5.91 Å². The maximum atomic E-state index is 12.6. The Morgan fingerprint density at radius 3 is 2.85 bits per heavy atom. The van der Waals surface area contributed by atoms with Gasteiger partial charge in [-0.2, -0.15) is 13.2 Å². The van der Waals surface area contributed by atoms with Crippen LogP contribution in [-0.2, 0) is 4.79 Å². The zero-order chi connectivity index (χ0) is 23.8. The van der Waals surface area contributed by atoms with Crippen LogP contribution in [0, 0.1) is 0 Å². The molecule has 13 heteroatoms. The molecule has 0 bridgehead atoms. The largest absolute Gasteiger partial charge is 0.405 e. The molecule has 4 heterocycles. The number of fused-ring (bicyclic) bond motifs is 1. The summed E-state index contributed by atoms with van der Waals surface area (Å²) in [5.74, 6) is -0.793. The SMILES string of the molecule is CNC(=O)c1cc(N2CCC[C@@H]2C(=O)NCC(F)(F)F)nc(-c2c[nH]c3ncc(Cl)cc23)n1.[HH]. The Kier molecular flexibility index (Phi) is 6.11. The summed E-state index contributed by atoms with van der Waals surface area (Å²) >= 11 is 6.08. The first-order valence-electron chi connectivity index (χ1n) is 10.0. The van der Waals surface area contributed by atoms with Gasteiger partial charge in [0, 0.05) is 44.4 Å². The van der Waals surface area contributed by atoms with Crippen molar-refractivity contribution in [2.45, 2.75) is 25.1 Å². The molecular weight excluding hydrogens is 463 g/mol. The van der Waals surface area contributed by atoms with Crippen molar-refractivity contribution in [2.75, 3.05) is 25.0 Å². The van der Waals surface area contributed by atoms with Gasteiger partial charge in [0.1, 0.15) is 29.7 Å². The van der Waals surface area contributed by atoms with Crippen LogP contribution >= 0.6 is 11.6 Å². The van der Waals surface area contributed by atoms with Crippen molar-refractivity contribution in [1.82, 2.24) is 30.6 Å². The zero-order valence-corrected chi connectivity index (χ0v) is 18.1. The number of hydrogen-bond acceptors (Lipinski definition) is 6. The number of carbonyl (C=O) groups excluding carboxylic acids is 2. The molecule has 0 spiro atoms. The third kappa shape index (κ3) is 4.85. The molecule has 0 aromatic carbocycles. The van der Waals surface area contributed by atoms with E-state index in [0.717, 1.165) is 0 Å². The first kappa shape index (κ1) is 22.8. The quantitative estimate of drug-likeness (QED) is 0.514. The van der Waals surface area contributed by atoms with E-state index in [9.17, 15) is 22.8 Å². The van der Waals surface area contributed by atoms with E-state index in [1.807, 2.05) is 5.32 Å². The van der Waals surface area contributed by atoms with Gasteiger partial charge in [-0.25, -0.2) is 15.0 Å². The van der Waals surface area contributed by atoms with E-state index in [2.05, 4.69) is 25.3 Å². The lowest BCUT2D eigenvalue weighted by atomic mass is 10.2. The van der Waals surface area contributed by atoms with Gasteiger partial charge in [-0.15, -0.1) is 0 Å². The van der Waals surface area contributed by atoms with Crippen LogP contribution in [0.15, 0.2) is 24.5 Å². The number of nitrogens with one attached hydrogen (secondary N) is 3. The molecule has 1 saturated heterocycles. The highest BCUT2D eigenvalue weighted by molar-refractivity contribution is 6.31. The van der Waals surface area contributed by atoms with Crippen LogP contribution in [0.4, 0.5) is 19.0 Å². The Bertz CT molecular complexity index is 1220. The predicted octanol–water partition coefficient (Wildman–Crippen LogP) is 2.93. The first-order valence-corrected chi connectivity index (χ1v) is 10.4. The van der Waals surface area contributed by atoms with Gasteiger partial charge in [0.2, 0.25) is 5.91 Å². The number of carbonyl (C=O) groups is 2. The van der Waals surface area contributed by atoms with Crippen LogP contribution in [0.3, 0.4) is 0 Å². The molecule has 3 aromatic heterocycles. The second kappa shape index (κ2) is 8.85. The lowest BCUT2D eigenvalue weighted by Crippen LogP contribution is -2.46. The van der Waals surface area contributed by atoms with E-state index in [1.165, 1.54) is 19.3 Å². The molecule has 1 atom stereocenters. The fraction of sp³-hybridized carbons (Fsp3) is 0.350. The summed E-state index contributed by atoms with van der Waals surface area (Å²) in [6.07, 6.45) is -0.488. The zero-order valence-electron chi connectivity index (χ0n) is 17.3. The van der Waals surface area contributed by atoms with E-state index in [-0.39, 0.29) is 18.8 Å². The topological polar surface area (TPSA) is 116 Å². The average Bonchev–Trinajstić information content (AvgIpc) is 3.43. The monoisotopic (exact) mass is 483 g/mol. The highest BCUT2D eigenvalue weighted by Gasteiger charge is 2.35. The molecule has 0 unspecified atom stereocenters. The number of nitrogens with zero attached hydrogens (tertiary/aromatic N) is 4. The second-order valence-electron chi connectivity index (χ2n) is 7.45. The van der Waals surface area contributed by atoms with Gasteiger partial charge < -0.3 is 20.5 Å². The maximum Gasteiger partial charge on any atom is 0.405 e. The molecule has 3 aromatic rings.